The number of likely N-dealkylation sites (N-methyl/N-ethyl adjacent to an activating group) is 1. The van der Waals surface area contributed by atoms with E-state index >= 15 is 0 Å². The van der Waals surface area contributed by atoms with Crippen LogP contribution in [-0.2, 0) is 0 Å². The van der Waals surface area contributed by atoms with Crippen molar-refractivity contribution in [1.82, 2.24) is 15.2 Å². The van der Waals surface area contributed by atoms with E-state index in [2.05, 4.69) is 10.3 Å². The number of carbonyl (C=O) groups excluding carboxylic acids is 1. The zero-order valence-electron chi connectivity index (χ0n) is 12.2. The number of anilines is 2. The lowest BCUT2D eigenvalue weighted by Gasteiger charge is -2.19. The first-order chi connectivity index (χ1) is 8.86. The number of nitrogens with one attached hydrogen (secondary N) is 1. The number of hydrogen-bond donors (Lipinski definition) is 2. The number of aromatic nitrogens is 1. The fourth-order valence-electron chi connectivity index (χ4n) is 1.28. The van der Waals surface area contributed by atoms with Crippen LogP contribution in [0, 0.1) is 0 Å². The lowest BCUT2D eigenvalue weighted by Crippen LogP contribution is -2.38. The predicted octanol–water partition coefficient (Wildman–Crippen LogP) is 0.861. The lowest BCUT2D eigenvalue weighted by molar-refractivity contribution is 0.0948. The van der Waals surface area contributed by atoms with Crippen molar-refractivity contribution in [2.75, 3.05) is 44.9 Å². The summed E-state index contributed by atoms with van der Waals surface area (Å²) in [4.78, 5) is 20.8. The molecule has 19 heavy (non-hydrogen) atoms. The van der Waals surface area contributed by atoms with Crippen molar-refractivity contribution in [1.29, 1.82) is 0 Å². The number of amides is 1. The Morgan fingerprint density at radius 2 is 2.11 bits per heavy atom. The summed E-state index contributed by atoms with van der Waals surface area (Å²) in [5, 5.41) is 3.65. The van der Waals surface area contributed by atoms with Gasteiger partial charge in [0.2, 0.25) is 0 Å². The molecule has 1 aromatic rings. The van der Waals surface area contributed by atoms with Gasteiger partial charge in [-0.3, -0.25) is 4.79 Å². The van der Waals surface area contributed by atoms with Gasteiger partial charge < -0.3 is 20.9 Å². The van der Waals surface area contributed by atoms with E-state index in [1.54, 1.807) is 0 Å². The van der Waals surface area contributed by atoms with Gasteiger partial charge in [-0.1, -0.05) is 11.3 Å². The smallest absolute Gasteiger partial charge is 0.265 e. The van der Waals surface area contributed by atoms with Gasteiger partial charge >= 0.3 is 0 Å². The molecule has 7 heteroatoms. The van der Waals surface area contributed by atoms with Crippen molar-refractivity contribution in [3.8, 4) is 0 Å². The Bertz CT molecular complexity index is 432. The van der Waals surface area contributed by atoms with Crippen LogP contribution in [0.3, 0.4) is 0 Å². The highest BCUT2D eigenvalue weighted by atomic mass is 32.1. The molecule has 0 aromatic carbocycles. The number of nitrogen functional groups attached to an aromatic ring is 1. The van der Waals surface area contributed by atoms with Crippen LogP contribution >= 0.6 is 11.3 Å². The molecular formula is C12H23N5OS. The van der Waals surface area contributed by atoms with Crippen LogP contribution in [0.25, 0.3) is 0 Å². The Labute approximate surface area is 118 Å². The molecule has 1 unspecified atom stereocenters. The third-order valence-electron chi connectivity index (χ3n) is 3.09. The Hall–Kier alpha value is -1.34. The normalized spacial score (nSPS) is 12.5. The molecule has 108 valence electrons. The SMILES string of the molecule is CCN(C)c1nc(N)c(C(=O)NCC(C)N(C)C)s1. The van der Waals surface area contributed by atoms with Crippen LogP contribution in [0.2, 0.25) is 0 Å². The fourth-order valence-corrected chi connectivity index (χ4v) is 2.21. The van der Waals surface area contributed by atoms with Gasteiger partial charge in [0.1, 0.15) is 10.7 Å². The van der Waals surface area contributed by atoms with Gasteiger partial charge in [-0.15, -0.1) is 0 Å². The maximum Gasteiger partial charge on any atom is 0.265 e. The van der Waals surface area contributed by atoms with Gasteiger partial charge in [0.25, 0.3) is 5.91 Å². The van der Waals surface area contributed by atoms with Crippen LogP contribution in [0.4, 0.5) is 10.9 Å². The van der Waals surface area contributed by atoms with Crippen molar-refractivity contribution in [2.45, 2.75) is 19.9 Å². The minimum Gasteiger partial charge on any atom is -0.382 e. The maximum absolute atomic E-state index is 12.1. The summed E-state index contributed by atoms with van der Waals surface area (Å²) in [5.41, 5.74) is 5.80. The van der Waals surface area contributed by atoms with Crippen molar-refractivity contribution >= 4 is 28.2 Å². The number of thiazole rings is 1. The van der Waals surface area contributed by atoms with E-state index in [0.717, 1.165) is 11.7 Å². The fraction of sp³-hybridized carbons (Fsp3) is 0.667. The van der Waals surface area contributed by atoms with Gasteiger partial charge in [-0.25, -0.2) is 4.98 Å². The van der Waals surface area contributed by atoms with E-state index in [0.29, 0.717) is 17.2 Å². The molecule has 0 aliphatic heterocycles. The molecule has 1 rings (SSSR count). The number of hydrogen-bond acceptors (Lipinski definition) is 6. The molecule has 0 fully saturated rings. The summed E-state index contributed by atoms with van der Waals surface area (Å²) in [6, 6.07) is 0.274. The van der Waals surface area contributed by atoms with Crippen molar-refractivity contribution in [3.63, 3.8) is 0 Å². The van der Waals surface area contributed by atoms with E-state index in [-0.39, 0.29) is 11.9 Å². The molecule has 6 nitrogen and oxygen atoms in total. The molecule has 1 heterocycles. The largest absolute Gasteiger partial charge is 0.382 e. The minimum atomic E-state index is -0.153. The molecule has 1 atom stereocenters. The molecule has 0 aliphatic carbocycles. The second-order valence-electron chi connectivity index (χ2n) is 4.75. The molecule has 0 spiro atoms. The highest BCUT2D eigenvalue weighted by Gasteiger charge is 2.18. The van der Waals surface area contributed by atoms with Crippen molar-refractivity contribution < 1.29 is 4.79 Å². The van der Waals surface area contributed by atoms with Crippen LogP contribution in [-0.4, -0.2) is 56.1 Å². The number of carbonyl (C=O) groups is 1. The van der Waals surface area contributed by atoms with E-state index < -0.39 is 0 Å². The molecule has 0 radical (unpaired) electrons. The molecule has 0 saturated heterocycles. The number of nitrogens with two attached hydrogens (primary N) is 1. The van der Waals surface area contributed by atoms with Gasteiger partial charge in [0.15, 0.2) is 5.13 Å². The predicted molar refractivity (Wildman–Crippen MR) is 81.0 cm³/mol. The monoisotopic (exact) mass is 285 g/mol. The third-order valence-corrected chi connectivity index (χ3v) is 4.27. The van der Waals surface area contributed by atoms with E-state index in [1.807, 2.05) is 44.8 Å². The van der Waals surface area contributed by atoms with Crippen LogP contribution in [0.1, 0.15) is 23.5 Å². The first-order valence-corrected chi connectivity index (χ1v) is 7.10. The topological polar surface area (TPSA) is 74.5 Å². The number of nitrogens with zero attached hydrogens (tertiary/aromatic N) is 3. The standard InChI is InChI=1S/C12H23N5OS/c1-6-17(5)12-15-10(13)9(19-12)11(18)14-7-8(2)16(3)4/h8H,6-7,13H2,1-5H3,(H,14,18). The van der Waals surface area contributed by atoms with Crippen LogP contribution in [0.5, 0.6) is 0 Å². The van der Waals surface area contributed by atoms with Gasteiger partial charge in [-0.05, 0) is 27.9 Å². The first-order valence-electron chi connectivity index (χ1n) is 6.28. The maximum atomic E-state index is 12.1. The summed E-state index contributed by atoms with van der Waals surface area (Å²) >= 11 is 1.32. The van der Waals surface area contributed by atoms with E-state index in [1.165, 1.54) is 11.3 Å². The minimum absolute atomic E-state index is 0.153. The average Bonchev–Trinajstić information content (AvgIpc) is 2.76. The Balaban J connectivity index is 2.69. The van der Waals surface area contributed by atoms with Gasteiger partial charge in [-0.2, -0.15) is 0 Å². The molecule has 1 amide bonds. The molecule has 0 saturated carbocycles. The summed E-state index contributed by atoms with van der Waals surface area (Å²) in [7, 11) is 5.88. The van der Waals surface area contributed by atoms with E-state index in [4.69, 9.17) is 5.73 Å². The first kappa shape index (κ1) is 15.7. The Morgan fingerprint density at radius 3 is 2.63 bits per heavy atom. The second-order valence-corrected chi connectivity index (χ2v) is 5.73. The highest BCUT2D eigenvalue weighted by Crippen LogP contribution is 2.27. The highest BCUT2D eigenvalue weighted by molar-refractivity contribution is 7.18. The second kappa shape index (κ2) is 6.72. The summed E-state index contributed by atoms with van der Waals surface area (Å²) in [6.45, 7) is 5.48. The summed E-state index contributed by atoms with van der Waals surface area (Å²) in [5.74, 6) is 0.148. The molecule has 0 aliphatic rings. The zero-order valence-corrected chi connectivity index (χ0v) is 13.0. The summed E-state index contributed by atoms with van der Waals surface area (Å²) in [6.07, 6.45) is 0. The Kier molecular flexibility index (Phi) is 5.56. The molecule has 3 N–H and O–H groups in total. The van der Waals surface area contributed by atoms with Gasteiger partial charge in [0.05, 0.1) is 0 Å². The van der Waals surface area contributed by atoms with Crippen LogP contribution in [0.15, 0.2) is 0 Å². The van der Waals surface area contributed by atoms with Gasteiger partial charge in [0, 0.05) is 26.2 Å². The third kappa shape index (κ3) is 4.07. The van der Waals surface area contributed by atoms with Crippen molar-refractivity contribution in [3.05, 3.63) is 4.88 Å². The molecule has 0 bridgehead atoms. The summed E-state index contributed by atoms with van der Waals surface area (Å²) < 4.78 is 0. The molecular weight excluding hydrogens is 262 g/mol. The van der Waals surface area contributed by atoms with Crippen molar-refractivity contribution in [2.24, 2.45) is 0 Å². The quantitative estimate of drug-likeness (QED) is 0.811. The Morgan fingerprint density at radius 1 is 1.47 bits per heavy atom. The molecule has 1 aromatic heterocycles. The number of rotatable bonds is 6. The lowest BCUT2D eigenvalue weighted by atomic mass is 10.3. The van der Waals surface area contributed by atoms with Crippen LogP contribution < -0.4 is 16.0 Å². The average molecular weight is 285 g/mol. The van der Waals surface area contributed by atoms with E-state index in [9.17, 15) is 4.79 Å². The zero-order chi connectivity index (χ0) is 14.6.